The van der Waals surface area contributed by atoms with Gasteiger partial charge in [0.1, 0.15) is 24.4 Å². The maximum absolute atomic E-state index is 12.9. The van der Waals surface area contributed by atoms with Gasteiger partial charge in [0.05, 0.1) is 32.0 Å². The zero-order valence-corrected chi connectivity index (χ0v) is 37.2. The number of hydrogen-bond acceptors (Lipinski definition) is 10. The van der Waals surface area contributed by atoms with E-state index in [1.54, 1.807) is 6.08 Å². The molecular weight excluding hydrogens is 751 g/mol. The minimum Gasteiger partial charge on any atom is -0.466 e. The average molecular weight is 838 g/mol. The summed E-state index contributed by atoms with van der Waals surface area (Å²) in [6.07, 6.45) is 33.9. The maximum Gasteiger partial charge on any atom is 0.305 e. The quantitative estimate of drug-likeness (QED) is 0.0199. The van der Waals surface area contributed by atoms with Crippen LogP contribution in [0.1, 0.15) is 194 Å². The summed E-state index contributed by atoms with van der Waals surface area (Å²) in [6, 6.07) is -0.846. The second kappa shape index (κ2) is 38.8. The van der Waals surface area contributed by atoms with E-state index in [0.717, 1.165) is 70.6 Å². The third-order valence-corrected chi connectivity index (χ3v) is 11.1. The van der Waals surface area contributed by atoms with Crippen LogP contribution in [-0.2, 0) is 23.8 Å². The summed E-state index contributed by atoms with van der Waals surface area (Å²) in [5.41, 5.74) is 0. The van der Waals surface area contributed by atoms with Crippen molar-refractivity contribution in [3.63, 3.8) is 0 Å². The summed E-state index contributed by atoms with van der Waals surface area (Å²) in [7, 11) is 0. The molecule has 1 fully saturated rings. The SMILES string of the molecule is C/C=C/CC/C=C/CC/C=C/C(O)C(COC1OC(CO)C(O)C(O)C1O)NC(=O)CCCCCCCCCCCCCOC(=O)CCCCCCCCCCCCC. The lowest BCUT2D eigenvalue weighted by atomic mass is 9.99. The number of esters is 1. The van der Waals surface area contributed by atoms with Crippen molar-refractivity contribution in [3.8, 4) is 0 Å². The fourth-order valence-electron chi connectivity index (χ4n) is 7.24. The van der Waals surface area contributed by atoms with Crippen molar-refractivity contribution < 1.29 is 49.3 Å². The Morgan fingerprint density at radius 2 is 1.14 bits per heavy atom. The summed E-state index contributed by atoms with van der Waals surface area (Å²) in [5.74, 6) is -0.263. The van der Waals surface area contributed by atoms with Gasteiger partial charge in [-0.15, -0.1) is 0 Å². The first-order valence-corrected chi connectivity index (χ1v) is 23.7. The Labute approximate surface area is 358 Å². The van der Waals surface area contributed by atoms with E-state index in [-0.39, 0.29) is 18.5 Å². The van der Waals surface area contributed by atoms with E-state index >= 15 is 0 Å². The number of aliphatic hydroxyl groups is 5. The van der Waals surface area contributed by atoms with Crippen LogP contribution in [0.2, 0.25) is 0 Å². The van der Waals surface area contributed by atoms with Crippen LogP contribution in [0.3, 0.4) is 0 Å². The molecule has 344 valence electrons. The highest BCUT2D eigenvalue weighted by Crippen LogP contribution is 2.22. The largest absolute Gasteiger partial charge is 0.466 e. The zero-order chi connectivity index (χ0) is 43.2. The van der Waals surface area contributed by atoms with Crippen molar-refractivity contribution in [2.75, 3.05) is 19.8 Å². The van der Waals surface area contributed by atoms with Crippen molar-refractivity contribution in [1.82, 2.24) is 5.32 Å². The van der Waals surface area contributed by atoms with Crippen molar-refractivity contribution in [2.24, 2.45) is 0 Å². The third-order valence-electron chi connectivity index (χ3n) is 11.1. The van der Waals surface area contributed by atoms with E-state index in [4.69, 9.17) is 14.2 Å². The lowest BCUT2D eigenvalue weighted by Crippen LogP contribution is -2.60. The molecule has 11 heteroatoms. The lowest BCUT2D eigenvalue weighted by molar-refractivity contribution is -0.302. The molecule has 6 N–H and O–H groups in total. The number of unbranched alkanes of at least 4 members (excludes halogenated alkanes) is 22. The standard InChI is InChI=1S/C48H87NO10/c1-3-5-7-9-11-13-15-20-24-28-32-36-44(53)57-37-33-29-25-21-17-14-16-19-23-27-31-35-43(52)49-40(41(51)34-30-26-22-18-12-10-8-6-4-2)39-58-48-47(56)46(55)45(54)42(38-50)59-48/h4,6,12,18,30,34,40-42,45-48,50-51,54-56H,3,5,7-11,13-17,19-29,31-33,35-39H2,1-2H3,(H,49,52)/b6-4+,18-12+,34-30+. The molecule has 1 saturated heterocycles. The second-order valence-corrected chi connectivity index (χ2v) is 16.5. The molecule has 0 radical (unpaired) electrons. The van der Waals surface area contributed by atoms with Gasteiger partial charge in [0.15, 0.2) is 6.29 Å². The smallest absolute Gasteiger partial charge is 0.305 e. The van der Waals surface area contributed by atoms with E-state index in [9.17, 15) is 35.1 Å². The molecule has 1 rings (SSSR count). The maximum atomic E-state index is 12.9. The van der Waals surface area contributed by atoms with Crippen molar-refractivity contribution in [1.29, 1.82) is 0 Å². The summed E-state index contributed by atoms with van der Waals surface area (Å²) in [6.45, 7) is 3.99. The van der Waals surface area contributed by atoms with Crippen molar-refractivity contribution in [3.05, 3.63) is 36.5 Å². The van der Waals surface area contributed by atoms with Gasteiger partial charge in [-0.3, -0.25) is 9.59 Å². The first-order chi connectivity index (χ1) is 28.7. The first kappa shape index (κ1) is 54.9. The van der Waals surface area contributed by atoms with Crippen LogP contribution in [0.4, 0.5) is 0 Å². The zero-order valence-electron chi connectivity index (χ0n) is 37.2. The van der Waals surface area contributed by atoms with E-state index in [1.165, 1.54) is 89.9 Å². The highest BCUT2D eigenvalue weighted by molar-refractivity contribution is 5.76. The number of amides is 1. The molecule has 0 aliphatic carbocycles. The predicted octanol–water partition coefficient (Wildman–Crippen LogP) is 8.82. The van der Waals surface area contributed by atoms with Crippen molar-refractivity contribution >= 4 is 11.9 Å². The van der Waals surface area contributed by atoms with Gasteiger partial charge in [0.25, 0.3) is 0 Å². The number of allylic oxidation sites excluding steroid dienone is 5. The topological polar surface area (TPSA) is 175 Å². The fourth-order valence-corrected chi connectivity index (χ4v) is 7.24. The Morgan fingerprint density at radius 1 is 0.644 bits per heavy atom. The van der Waals surface area contributed by atoms with Gasteiger partial charge in [-0.2, -0.15) is 0 Å². The highest BCUT2D eigenvalue weighted by atomic mass is 16.7. The molecule has 1 heterocycles. The Hall–Kier alpha value is -2.12. The molecule has 0 bridgehead atoms. The molecular formula is C48H87NO10. The van der Waals surface area contributed by atoms with Gasteiger partial charge in [0.2, 0.25) is 5.91 Å². The van der Waals surface area contributed by atoms with Gasteiger partial charge in [-0.1, -0.05) is 165 Å². The number of aliphatic hydroxyl groups excluding tert-OH is 5. The van der Waals surface area contributed by atoms with E-state index in [2.05, 4.69) is 30.5 Å². The predicted molar refractivity (Wildman–Crippen MR) is 237 cm³/mol. The van der Waals surface area contributed by atoms with Crippen LogP contribution in [-0.4, -0.2) is 100 Å². The van der Waals surface area contributed by atoms with Gasteiger partial charge >= 0.3 is 5.97 Å². The van der Waals surface area contributed by atoms with Crippen LogP contribution in [0.5, 0.6) is 0 Å². The highest BCUT2D eigenvalue weighted by Gasteiger charge is 2.44. The third kappa shape index (κ3) is 29.7. The number of nitrogens with one attached hydrogen (secondary N) is 1. The van der Waals surface area contributed by atoms with Crippen molar-refractivity contribution in [2.45, 2.75) is 236 Å². The normalized spacial score (nSPS) is 20.8. The number of rotatable bonds is 39. The molecule has 0 aromatic heterocycles. The van der Waals surface area contributed by atoms with E-state index in [0.29, 0.717) is 25.9 Å². The minimum atomic E-state index is -1.59. The first-order valence-electron chi connectivity index (χ1n) is 23.7. The summed E-state index contributed by atoms with van der Waals surface area (Å²) >= 11 is 0. The molecule has 0 saturated carbocycles. The van der Waals surface area contributed by atoms with Crippen LogP contribution in [0.15, 0.2) is 36.5 Å². The minimum absolute atomic E-state index is 0.0434. The van der Waals surface area contributed by atoms with Crippen LogP contribution < -0.4 is 5.32 Å². The molecule has 0 aromatic rings. The number of carbonyl (C=O) groups excluding carboxylic acids is 2. The summed E-state index contributed by atoms with van der Waals surface area (Å²) in [5, 5.41) is 53.9. The van der Waals surface area contributed by atoms with E-state index < -0.39 is 49.5 Å². The molecule has 1 aliphatic rings. The molecule has 59 heavy (non-hydrogen) atoms. The molecule has 0 aromatic carbocycles. The van der Waals surface area contributed by atoms with Gasteiger partial charge in [-0.05, 0) is 51.9 Å². The molecule has 1 aliphatic heterocycles. The fraction of sp³-hybridized carbons (Fsp3) is 0.833. The molecule has 7 atom stereocenters. The number of carbonyl (C=O) groups is 2. The molecule has 1 amide bonds. The van der Waals surface area contributed by atoms with Gasteiger partial charge in [0, 0.05) is 12.8 Å². The lowest BCUT2D eigenvalue weighted by Gasteiger charge is -2.40. The Balaban J connectivity index is 2.20. The van der Waals surface area contributed by atoms with Crippen LogP contribution in [0.25, 0.3) is 0 Å². The van der Waals surface area contributed by atoms with Crippen LogP contribution in [0, 0.1) is 0 Å². The Kier molecular flexibility index (Phi) is 36.1. The van der Waals surface area contributed by atoms with Crippen LogP contribution >= 0.6 is 0 Å². The molecule has 11 nitrogen and oxygen atoms in total. The summed E-state index contributed by atoms with van der Waals surface area (Å²) in [4.78, 5) is 24.9. The molecule has 7 unspecified atom stereocenters. The Bertz CT molecular complexity index is 1080. The number of hydrogen-bond donors (Lipinski definition) is 6. The monoisotopic (exact) mass is 838 g/mol. The van der Waals surface area contributed by atoms with Gasteiger partial charge in [-0.25, -0.2) is 0 Å². The van der Waals surface area contributed by atoms with Gasteiger partial charge < -0.3 is 45.1 Å². The second-order valence-electron chi connectivity index (χ2n) is 16.5. The molecule has 0 spiro atoms. The number of ether oxygens (including phenoxy) is 3. The van der Waals surface area contributed by atoms with E-state index in [1.807, 2.05) is 19.1 Å². The summed E-state index contributed by atoms with van der Waals surface area (Å²) < 4.78 is 16.6. The Morgan fingerprint density at radius 3 is 1.68 bits per heavy atom. The average Bonchev–Trinajstić information content (AvgIpc) is 3.23.